The van der Waals surface area contributed by atoms with E-state index in [-0.39, 0.29) is 6.03 Å². The van der Waals surface area contributed by atoms with Crippen molar-refractivity contribution in [3.63, 3.8) is 0 Å². The van der Waals surface area contributed by atoms with Crippen LogP contribution in [0.2, 0.25) is 5.02 Å². The number of carbonyl (C=O) groups is 1. The molecule has 0 unspecified atom stereocenters. The second-order valence-electron chi connectivity index (χ2n) is 6.39. The standard InChI is InChI=1S/C22H22ClN3O/c1-24-21(27)26(2)22(19-11-7-13-25-16-19,15-17-8-4-3-5-9-17)18-10-6-12-20(23)14-18/h3-14,16H,15H2,1-2H3,(H,24,27)/t22-/m0/s1. The maximum atomic E-state index is 12.7. The lowest BCUT2D eigenvalue weighted by Crippen LogP contribution is -2.52. The van der Waals surface area contributed by atoms with Crippen LogP contribution in [0.1, 0.15) is 16.7 Å². The molecule has 27 heavy (non-hydrogen) atoms. The number of rotatable bonds is 5. The van der Waals surface area contributed by atoms with E-state index in [0.717, 1.165) is 16.7 Å². The third kappa shape index (κ3) is 3.81. The second-order valence-corrected chi connectivity index (χ2v) is 6.83. The van der Waals surface area contributed by atoms with Gasteiger partial charge in [-0.25, -0.2) is 4.79 Å². The van der Waals surface area contributed by atoms with Crippen molar-refractivity contribution in [1.29, 1.82) is 0 Å². The first kappa shape index (κ1) is 18.9. The van der Waals surface area contributed by atoms with Gasteiger partial charge in [0.1, 0.15) is 5.54 Å². The molecule has 5 heteroatoms. The zero-order chi connectivity index (χ0) is 19.3. The maximum absolute atomic E-state index is 12.7. The molecular formula is C22H22ClN3O. The molecule has 2 amide bonds. The molecule has 1 N–H and O–H groups in total. The number of pyridine rings is 1. The molecule has 0 saturated carbocycles. The SMILES string of the molecule is CNC(=O)N(C)[C@](Cc1ccccc1)(c1cccnc1)c1cccc(Cl)c1. The van der Waals surface area contributed by atoms with Crippen LogP contribution >= 0.6 is 11.6 Å². The number of hydrogen-bond donors (Lipinski definition) is 1. The molecule has 4 nitrogen and oxygen atoms in total. The minimum atomic E-state index is -0.763. The van der Waals surface area contributed by atoms with E-state index in [2.05, 4.69) is 22.4 Å². The summed E-state index contributed by atoms with van der Waals surface area (Å²) in [7, 11) is 3.43. The first-order valence-electron chi connectivity index (χ1n) is 8.74. The van der Waals surface area contributed by atoms with Crippen LogP contribution in [0, 0.1) is 0 Å². The first-order chi connectivity index (χ1) is 13.1. The molecule has 1 aromatic heterocycles. The van der Waals surface area contributed by atoms with Crippen LogP contribution in [0.25, 0.3) is 0 Å². The third-order valence-corrected chi connectivity index (χ3v) is 5.07. The molecular weight excluding hydrogens is 358 g/mol. The van der Waals surface area contributed by atoms with Crippen molar-refractivity contribution in [3.8, 4) is 0 Å². The van der Waals surface area contributed by atoms with Gasteiger partial charge < -0.3 is 10.2 Å². The average Bonchev–Trinajstić information content (AvgIpc) is 2.72. The van der Waals surface area contributed by atoms with Crippen molar-refractivity contribution in [2.75, 3.05) is 14.1 Å². The van der Waals surface area contributed by atoms with Gasteiger partial charge in [0.2, 0.25) is 0 Å². The van der Waals surface area contributed by atoms with E-state index < -0.39 is 5.54 Å². The number of urea groups is 1. The lowest BCUT2D eigenvalue weighted by molar-refractivity contribution is 0.158. The highest BCUT2D eigenvalue weighted by molar-refractivity contribution is 6.30. The first-order valence-corrected chi connectivity index (χ1v) is 9.12. The fourth-order valence-corrected chi connectivity index (χ4v) is 3.65. The Labute approximate surface area is 164 Å². The Morgan fingerprint density at radius 3 is 2.44 bits per heavy atom. The largest absolute Gasteiger partial charge is 0.341 e. The van der Waals surface area contributed by atoms with Gasteiger partial charge >= 0.3 is 6.03 Å². The smallest absolute Gasteiger partial charge is 0.317 e. The highest BCUT2D eigenvalue weighted by Crippen LogP contribution is 2.39. The summed E-state index contributed by atoms with van der Waals surface area (Å²) in [5.41, 5.74) is 2.19. The molecule has 3 aromatic rings. The number of hydrogen-bond acceptors (Lipinski definition) is 2. The molecule has 1 heterocycles. The van der Waals surface area contributed by atoms with E-state index in [1.807, 2.05) is 60.8 Å². The van der Waals surface area contributed by atoms with Gasteiger partial charge in [0.05, 0.1) is 0 Å². The Kier molecular flexibility index (Phi) is 5.77. The van der Waals surface area contributed by atoms with Gasteiger partial charge in [-0.15, -0.1) is 0 Å². The number of halogens is 1. The van der Waals surface area contributed by atoms with E-state index in [4.69, 9.17) is 11.6 Å². The normalized spacial score (nSPS) is 12.9. The van der Waals surface area contributed by atoms with Crippen LogP contribution in [0.15, 0.2) is 79.1 Å². The Morgan fingerprint density at radius 2 is 1.81 bits per heavy atom. The number of nitrogens with one attached hydrogen (secondary N) is 1. The number of aromatic nitrogens is 1. The Morgan fingerprint density at radius 1 is 1.07 bits per heavy atom. The van der Waals surface area contributed by atoms with Crippen molar-refractivity contribution < 1.29 is 4.79 Å². The minimum Gasteiger partial charge on any atom is -0.341 e. The van der Waals surface area contributed by atoms with Crippen LogP contribution in [0.5, 0.6) is 0 Å². The van der Waals surface area contributed by atoms with Crippen molar-refractivity contribution in [3.05, 3.63) is 101 Å². The zero-order valence-corrected chi connectivity index (χ0v) is 16.1. The van der Waals surface area contributed by atoms with E-state index in [0.29, 0.717) is 11.4 Å². The molecule has 0 aliphatic rings. The highest BCUT2D eigenvalue weighted by atomic mass is 35.5. The summed E-state index contributed by atoms with van der Waals surface area (Å²) in [6.45, 7) is 0. The van der Waals surface area contributed by atoms with Gasteiger partial charge in [-0.1, -0.05) is 60.1 Å². The predicted octanol–water partition coefficient (Wildman–Crippen LogP) is 4.49. The molecule has 1 atom stereocenters. The van der Waals surface area contributed by atoms with Crippen molar-refractivity contribution in [1.82, 2.24) is 15.2 Å². The van der Waals surface area contributed by atoms with Crippen LogP contribution < -0.4 is 5.32 Å². The molecule has 0 fully saturated rings. The van der Waals surface area contributed by atoms with Gasteiger partial charge in [0.25, 0.3) is 0 Å². The van der Waals surface area contributed by atoms with Gasteiger partial charge in [-0.2, -0.15) is 0 Å². The van der Waals surface area contributed by atoms with Crippen molar-refractivity contribution >= 4 is 17.6 Å². The maximum Gasteiger partial charge on any atom is 0.317 e. The summed E-state index contributed by atoms with van der Waals surface area (Å²) < 4.78 is 0. The van der Waals surface area contributed by atoms with Crippen molar-refractivity contribution in [2.45, 2.75) is 12.0 Å². The molecule has 0 bridgehead atoms. The number of benzene rings is 2. The summed E-state index contributed by atoms with van der Waals surface area (Å²) in [5.74, 6) is 0. The van der Waals surface area contributed by atoms with E-state index >= 15 is 0 Å². The van der Waals surface area contributed by atoms with E-state index in [1.54, 1.807) is 25.2 Å². The van der Waals surface area contributed by atoms with Crippen LogP contribution in [0.4, 0.5) is 4.79 Å². The van der Waals surface area contributed by atoms with Crippen LogP contribution in [-0.4, -0.2) is 30.0 Å². The number of amides is 2. The molecule has 3 rings (SSSR count). The minimum absolute atomic E-state index is 0.185. The molecule has 0 aliphatic heterocycles. The van der Waals surface area contributed by atoms with Gasteiger partial charge in [-0.3, -0.25) is 4.98 Å². The summed E-state index contributed by atoms with van der Waals surface area (Å²) >= 11 is 6.32. The fourth-order valence-electron chi connectivity index (χ4n) is 3.46. The van der Waals surface area contributed by atoms with Gasteiger partial charge in [0.15, 0.2) is 0 Å². The summed E-state index contributed by atoms with van der Waals surface area (Å²) in [4.78, 5) is 18.8. The topological polar surface area (TPSA) is 45.2 Å². The average molecular weight is 380 g/mol. The molecule has 0 saturated heterocycles. The Hall–Kier alpha value is -2.85. The van der Waals surface area contributed by atoms with Crippen LogP contribution in [0.3, 0.4) is 0 Å². The Bertz CT molecular complexity index is 902. The van der Waals surface area contributed by atoms with Crippen LogP contribution in [-0.2, 0) is 12.0 Å². The Balaban J connectivity index is 2.28. The van der Waals surface area contributed by atoms with Gasteiger partial charge in [0, 0.05) is 43.5 Å². The number of likely N-dealkylation sites (N-methyl/N-ethyl adjacent to an activating group) is 1. The highest BCUT2D eigenvalue weighted by Gasteiger charge is 2.41. The summed E-state index contributed by atoms with van der Waals surface area (Å²) in [6, 6.07) is 21.5. The molecule has 0 radical (unpaired) electrons. The summed E-state index contributed by atoms with van der Waals surface area (Å²) in [5, 5.41) is 3.37. The van der Waals surface area contributed by atoms with Crippen molar-refractivity contribution in [2.24, 2.45) is 0 Å². The molecule has 0 spiro atoms. The quantitative estimate of drug-likeness (QED) is 0.709. The lowest BCUT2D eigenvalue weighted by atomic mass is 9.77. The number of nitrogens with zero attached hydrogens (tertiary/aromatic N) is 2. The van der Waals surface area contributed by atoms with E-state index in [9.17, 15) is 4.79 Å². The van der Waals surface area contributed by atoms with Gasteiger partial charge in [-0.05, 0) is 29.3 Å². The lowest BCUT2D eigenvalue weighted by Gasteiger charge is -2.43. The molecule has 0 aliphatic carbocycles. The number of carbonyl (C=O) groups excluding carboxylic acids is 1. The molecule has 138 valence electrons. The second kappa shape index (κ2) is 8.23. The monoisotopic (exact) mass is 379 g/mol. The third-order valence-electron chi connectivity index (χ3n) is 4.84. The van der Waals surface area contributed by atoms with E-state index in [1.165, 1.54) is 0 Å². The molecule has 2 aromatic carbocycles. The zero-order valence-electron chi connectivity index (χ0n) is 15.4. The predicted molar refractivity (Wildman–Crippen MR) is 109 cm³/mol. The fraction of sp³-hybridized carbons (Fsp3) is 0.182. The summed E-state index contributed by atoms with van der Waals surface area (Å²) in [6.07, 6.45) is 4.13.